The van der Waals surface area contributed by atoms with E-state index >= 15 is 0 Å². The Morgan fingerprint density at radius 3 is 2.43 bits per heavy atom. The molecule has 0 saturated heterocycles. The van der Waals surface area contributed by atoms with Gasteiger partial charge in [-0.2, -0.15) is 0 Å². The Morgan fingerprint density at radius 2 is 1.67 bits per heavy atom. The summed E-state index contributed by atoms with van der Waals surface area (Å²) in [6, 6.07) is 20.1. The molecule has 1 aliphatic heterocycles. The van der Waals surface area contributed by atoms with E-state index in [1.807, 2.05) is 48.5 Å². The fourth-order valence-electron chi connectivity index (χ4n) is 4.01. The number of nitrogens with zero attached hydrogens (tertiary/aromatic N) is 4. The SMILES string of the molecule is COc1ccc(C2(c3cccc(-c4cncnc4)c3)N=C(N)c3ncccc32)cc1. The molecule has 0 bridgehead atoms. The average molecular weight is 393 g/mol. The number of aliphatic imine (C=N–C) groups is 1. The fraction of sp³-hybridized carbons (Fsp3) is 0.0833. The van der Waals surface area contributed by atoms with Gasteiger partial charge in [-0.25, -0.2) is 15.0 Å². The molecule has 2 N–H and O–H groups in total. The van der Waals surface area contributed by atoms with Crippen LogP contribution in [0.25, 0.3) is 11.1 Å². The lowest BCUT2D eigenvalue weighted by atomic mass is 9.78. The maximum Gasteiger partial charge on any atom is 0.146 e. The molecular formula is C24H19N5O. The van der Waals surface area contributed by atoms with Gasteiger partial charge in [0.1, 0.15) is 29.1 Å². The molecule has 5 rings (SSSR count). The van der Waals surface area contributed by atoms with Gasteiger partial charge in [-0.05, 0) is 41.0 Å². The number of amidine groups is 1. The van der Waals surface area contributed by atoms with E-state index in [4.69, 9.17) is 15.5 Å². The van der Waals surface area contributed by atoms with Crippen molar-refractivity contribution in [1.29, 1.82) is 0 Å². The highest BCUT2D eigenvalue weighted by molar-refractivity contribution is 6.01. The topological polar surface area (TPSA) is 86.3 Å². The third-order valence-corrected chi connectivity index (χ3v) is 5.41. The number of rotatable bonds is 4. The second-order valence-corrected chi connectivity index (χ2v) is 7.04. The third-order valence-electron chi connectivity index (χ3n) is 5.41. The van der Waals surface area contributed by atoms with Crippen LogP contribution < -0.4 is 10.5 Å². The smallest absolute Gasteiger partial charge is 0.146 e. The van der Waals surface area contributed by atoms with Crippen LogP contribution in [-0.2, 0) is 5.54 Å². The largest absolute Gasteiger partial charge is 0.497 e. The molecule has 0 radical (unpaired) electrons. The number of methoxy groups -OCH3 is 1. The summed E-state index contributed by atoms with van der Waals surface area (Å²) in [5.74, 6) is 1.21. The number of fused-ring (bicyclic) bond motifs is 1. The van der Waals surface area contributed by atoms with Gasteiger partial charge in [0, 0.05) is 29.7 Å². The summed E-state index contributed by atoms with van der Waals surface area (Å²) in [5, 5.41) is 0. The number of hydrogen-bond acceptors (Lipinski definition) is 6. The normalized spacial score (nSPS) is 17.3. The van der Waals surface area contributed by atoms with Crippen LogP contribution in [0.1, 0.15) is 22.4 Å². The molecule has 0 fully saturated rings. The quantitative estimate of drug-likeness (QED) is 0.573. The van der Waals surface area contributed by atoms with Crippen molar-refractivity contribution in [1.82, 2.24) is 15.0 Å². The standard InChI is InChI=1S/C24H19N5O/c1-30-20-9-7-18(8-10-20)24(21-6-3-11-28-22(21)23(25)29-24)19-5-2-4-16(12-19)17-13-26-15-27-14-17/h2-15H,1H3,(H2,25,29). The van der Waals surface area contributed by atoms with E-state index in [9.17, 15) is 0 Å². The Hall–Kier alpha value is -4.06. The van der Waals surface area contributed by atoms with Crippen LogP contribution in [0.2, 0.25) is 0 Å². The van der Waals surface area contributed by atoms with Crippen LogP contribution in [0.4, 0.5) is 0 Å². The maximum atomic E-state index is 6.34. The van der Waals surface area contributed by atoms with Crippen molar-refractivity contribution in [3.05, 3.63) is 108 Å². The molecule has 0 amide bonds. The molecule has 6 nitrogen and oxygen atoms in total. The number of hydrogen-bond donors (Lipinski definition) is 1. The van der Waals surface area contributed by atoms with Crippen molar-refractivity contribution in [2.45, 2.75) is 5.54 Å². The fourth-order valence-corrected chi connectivity index (χ4v) is 4.01. The summed E-state index contributed by atoms with van der Waals surface area (Å²) in [7, 11) is 1.65. The molecule has 3 heterocycles. The van der Waals surface area contributed by atoms with Crippen LogP contribution in [0.3, 0.4) is 0 Å². The number of nitrogens with two attached hydrogens (primary N) is 1. The van der Waals surface area contributed by atoms with E-state index in [-0.39, 0.29) is 0 Å². The Labute approximate surface area is 174 Å². The van der Waals surface area contributed by atoms with Crippen LogP contribution >= 0.6 is 0 Å². The minimum Gasteiger partial charge on any atom is -0.497 e. The van der Waals surface area contributed by atoms with Gasteiger partial charge in [-0.1, -0.05) is 36.4 Å². The molecule has 0 aliphatic carbocycles. The van der Waals surface area contributed by atoms with Crippen molar-refractivity contribution < 1.29 is 4.74 Å². The highest BCUT2D eigenvalue weighted by Gasteiger charge is 2.43. The molecule has 2 aromatic heterocycles. The van der Waals surface area contributed by atoms with Crippen molar-refractivity contribution in [3.8, 4) is 16.9 Å². The van der Waals surface area contributed by atoms with E-state index in [0.717, 1.165) is 33.6 Å². The number of aromatic nitrogens is 3. The van der Waals surface area contributed by atoms with Gasteiger partial charge in [-0.3, -0.25) is 4.98 Å². The Bertz CT molecular complexity index is 1240. The predicted molar refractivity (Wildman–Crippen MR) is 115 cm³/mol. The number of benzene rings is 2. The van der Waals surface area contributed by atoms with Crippen LogP contribution in [-0.4, -0.2) is 27.9 Å². The highest BCUT2D eigenvalue weighted by atomic mass is 16.5. The zero-order valence-electron chi connectivity index (χ0n) is 16.4. The molecule has 30 heavy (non-hydrogen) atoms. The zero-order chi connectivity index (χ0) is 20.6. The number of ether oxygens (including phenoxy) is 1. The molecule has 146 valence electrons. The summed E-state index contributed by atoms with van der Waals surface area (Å²) in [5.41, 5.74) is 11.1. The Kier molecular flexibility index (Phi) is 4.25. The molecule has 0 saturated carbocycles. The predicted octanol–water partition coefficient (Wildman–Crippen LogP) is 3.56. The summed E-state index contributed by atoms with van der Waals surface area (Å²) in [6.07, 6.45) is 6.86. The van der Waals surface area contributed by atoms with Crippen LogP contribution in [0.5, 0.6) is 5.75 Å². The van der Waals surface area contributed by atoms with Crippen molar-refractivity contribution in [2.75, 3.05) is 7.11 Å². The van der Waals surface area contributed by atoms with Gasteiger partial charge in [-0.15, -0.1) is 0 Å². The van der Waals surface area contributed by atoms with Crippen LogP contribution in [0, 0.1) is 0 Å². The van der Waals surface area contributed by atoms with E-state index < -0.39 is 5.54 Å². The highest BCUT2D eigenvalue weighted by Crippen LogP contribution is 2.46. The minimum absolute atomic E-state index is 0.426. The second-order valence-electron chi connectivity index (χ2n) is 7.04. The molecule has 1 aliphatic rings. The monoisotopic (exact) mass is 393 g/mol. The first-order valence-electron chi connectivity index (χ1n) is 9.54. The van der Waals surface area contributed by atoms with Crippen molar-refractivity contribution in [3.63, 3.8) is 0 Å². The van der Waals surface area contributed by atoms with E-state index in [1.54, 1.807) is 25.7 Å². The lowest BCUT2D eigenvalue weighted by Gasteiger charge is -2.29. The van der Waals surface area contributed by atoms with Crippen LogP contribution in [0.15, 0.2) is 90.6 Å². The van der Waals surface area contributed by atoms with E-state index in [2.05, 4.69) is 27.1 Å². The molecule has 1 atom stereocenters. The molecule has 0 spiro atoms. The van der Waals surface area contributed by atoms with Gasteiger partial charge in [0.2, 0.25) is 0 Å². The van der Waals surface area contributed by atoms with Crippen molar-refractivity contribution in [2.24, 2.45) is 10.7 Å². The molecule has 6 heteroatoms. The van der Waals surface area contributed by atoms with E-state index in [1.165, 1.54) is 6.33 Å². The van der Waals surface area contributed by atoms with Gasteiger partial charge in [0.05, 0.1) is 7.11 Å². The van der Waals surface area contributed by atoms with Gasteiger partial charge in [0.15, 0.2) is 0 Å². The third kappa shape index (κ3) is 2.73. The first-order valence-corrected chi connectivity index (χ1v) is 9.54. The lowest BCUT2D eigenvalue weighted by molar-refractivity contribution is 0.414. The summed E-state index contributed by atoms with van der Waals surface area (Å²) >= 11 is 0. The number of pyridine rings is 1. The molecule has 1 unspecified atom stereocenters. The Morgan fingerprint density at radius 1 is 0.867 bits per heavy atom. The first kappa shape index (κ1) is 18.0. The molecular weight excluding hydrogens is 374 g/mol. The van der Waals surface area contributed by atoms with E-state index in [0.29, 0.717) is 11.5 Å². The maximum absolute atomic E-state index is 6.34. The zero-order valence-corrected chi connectivity index (χ0v) is 16.4. The average Bonchev–Trinajstić information content (AvgIpc) is 3.13. The first-order chi connectivity index (χ1) is 14.7. The Balaban J connectivity index is 1.77. The molecule has 4 aromatic rings. The summed E-state index contributed by atoms with van der Waals surface area (Å²) < 4.78 is 5.35. The van der Waals surface area contributed by atoms with Crippen molar-refractivity contribution >= 4 is 5.84 Å². The lowest BCUT2D eigenvalue weighted by Crippen LogP contribution is -2.25. The van der Waals surface area contributed by atoms with Gasteiger partial charge >= 0.3 is 0 Å². The van der Waals surface area contributed by atoms with Gasteiger partial charge < -0.3 is 10.5 Å². The molecule has 2 aromatic carbocycles. The van der Waals surface area contributed by atoms with Gasteiger partial charge in [0.25, 0.3) is 0 Å². The second kappa shape index (κ2) is 7.08. The summed E-state index contributed by atoms with van der Waals surface area (Å²) in [4.78, 5) is 17.8. The summed E-state index contributed by atoms with van der Waals surface area (Å²) in [6.45, 7) is 0. The minimum atomic E-state index is -0.800.